The van der Waals surface area contributed by atoms with Gasteiger partial charge in [-0.15, -0.1) is 0 Å². The van der Waals surface area contributed by atoms with E-state index >= 15 is 0 Å². The molecule has 110 valence electrons. The number of nitrogens with one attached hydrogen (secondary N) is 1. The fraction of sp³-hybridized carbons (Fsp3) is 0. The zero-order valence-electron chi connectivity index (χ0n) is 12.4. The minimum absolute atomic E-state index is 0.594. The van der Waals surface area contributed by atoms with E-state index in [9.17, 15) is 4.79 Å². The van der Waals surface area contributed by atoms with Gasteiger partial charge >= 0.3 is 0 Å². The van der Waals surface area contributed by atoms with E-state index in [-0.39, 0.29) is 0 Å². The van der Waals surface area contributed by atoms with E-state index in [4.69, 9.17) is 0 Å². The zero-order valence-corrected chi connectivity index (χ0v) is 12.4. The first-order valence-corrected chi connectivity index (χ1v) is 7.45. The molecule has 0 fully saturated rings. The van der Waals surface area contributed by atoms with E-state index in [1.54, 1.807) is 6.07 Å². The van der Waals surface area contributed by atoms with Crippen molar-refractivity contribution in [2.45, 2.75) is 0 Å². The van der Waals surface area contributed by atoms with Gasteiger partial charge in [-0.05, 0) is 23.3 Å². The molecular formula is C20H14N2O. The Labute approximate surface area is 134 Å². The first-order chi connectivity index (χ1) is 11.4. The Morgan fingerprint density at radius 2 is 1.22 bits per heavy atom. The Kier molecular flexibility index (Phi) is 3.24. The first-order valence-electron chi connectivity index (χ1n) is 7.45. The lowest BCUT2D eigenvalue weighted by Gasteiger charge is -2.06. The number of carbonyl (C=O) groups excluding carboxylic acids is 1. The van der Waals surface area contributed by atoms with E-state index in [1.165, 1.54) is 11.1 Å². The van der Waals surface area contributed by atoms with Gasteiger partial charge in [0, 0.05) is 16.7 Å². The second kappa shape index (κ2) is 5.54. The first kappa shape index (κ1) is 13.5. The van der Waals surface area contributed by atoms with Gasteiger partial charge in [0.05, 0.1) is 11.4 Å². The Bertz CT molecular complexity index is 881. The molecule has 1 N–H and O–H groups in total. The molecule has 0 aliphatic heterocycles. The lowest BCUT2D eigenvalue weighted by Crippen LogP contribution is -2.03. The minimum atomic E-state index is 0.594. The molecule has 3 nitrogen and oxygen atoms in total. The number of para-hydroxylation sites is 1. The van der Waals surface area contributed by atoms with Crippen LogP contribution in [0.1, 0.15) is 21.5 Å². The average molecular weight is 298 g/mol. The van der Waals surface area contributed by atoms with Gasteiger partial charge in [0.15, 0.2) is 6.29 Å². The van der Waals surface area contributed by atoms with Crippen molar-refractivity contribution in [1.82, 2.24) is 0 Å². The van der Waals surface area contributed by atoms with E-state index in [0.717, 1.165) is 23.1 Å². The largest absolute Gasteiger partial charge is 0.298 e. The number of hydrogen-bond acceptors (Lipinski definition) is 3. The smallest absolute Gasteiger partial charge is 0.152 e. The van der Waals surface area contributed by atoms with Gasteiger partial charge in [-0.1, -0.05) is 60.7 Å². The van der Waals surface area contributed by atoms with E-state index in [1.807, 2.05) is 42.5 Å². The highest BCUT2D eigenvalue weighted by atomic mass is 16.1. The molecule has 4 rings (SSSR count). The summed E-state index contributed by atoms with van der Waals surface area (Å²) in [5, 5.41) is 4.59. The van der Waals surface area contributed by atoms with E-state index in [2.05, 4.69) is 34.8 Å². The van der Waals surface area contributed by atoms with Gasteiger partial charge in [0.1, 0.15) is 0 Å². The standard InChI is InChI=1S/C20H14N2O/c23-13-14-7-1-6-12-19(14)21-22-20-17-10-4-2-8-15(17)16-9-3-5-11-18(16)20/h1-13,21H. The predicted molar refractivity (Wildman–Crippen MR) is 93.0 cm³/mol. The molecule has 0 amide bonds. The lowest BCUT2D eigenvalue weighted by atomic mass is 10.1. The fourth-order valence-electron chi connectivity index (χ4n) is 2.93. The number of carbonyl (C=O) groups is 1. The van der Waals surface area contributed by atoms with Crippen molar-refractivity contribution >= 4 is 17.7 Å². The van der Waals surface area contributed by atoms with Gasteiger partial charge in [0.2, 0.25) is 0 Å². The maximum atomic E-state index is 11.1. The second-order valence-electron chi connectivity index (χ2n) is 5.37. The van der Waals surface area contributed by atoms with Crippen molar-refractivity contribution in [3.8, 4) is 11.1 Å². The molecule has 0 unspecified atom stereocenters. The van der Waals surface area contributed by atoms with Crippen LogP contribution in [-0.4, -0.2) is 12.0 Å². The summed E-state index contributed by atoms with van der Waals surface area (Å²) in [6.45, 7) is 0. The second-order valence-corrected chi connectivity index (χ2v) is 5.37. The van der Waals surface area contributed by atoms with Gasteiger partial charge in [-0.25, -0.2) is 0 Å². The summed E-state index contributed by atoms with van der Waals surface area (Å²) in [7, 11) is 0. The van der Waals surface area contributed by atoms with Gasteiger partial charge in [-0.2, -0.15) is 5.10 Å². The quantitative estimate of drug-likeness (QED) is 0.451. The normalized spacial score (nSPS) is 11.6. The van der Waals surface area contributed by atoms with Crippen LogP contribution in [0.15, 0.2) is 77.9 Å². The Hall–Kier alpha value is -3.20. The molecule has 1 aliphatic carbocycles. The molecule has 0 saturated carbocycles. The number of fused-ring (bicyclic) bond motifs is 3. The van der Waals surface area contributed by atoms with Crippen LogP contribution in [0.5, 0.6) is 0 Å². The molecule has 23 heavy (non-hydrogen) atoms. The van der Waals surface area contributed by atoms with Crippen LogP contribution in [-0.2, 0) is 0 Å². The molecule has 0 aromatic heterocycles. The Morgan fingerprint density at radius 1 is 0.696 bits per heavy atom. The molecule has 3 aromatic rings. The minimum Gasteiger partial charge on any atom is -0.298 e. The summed E-state index contributed by atoms with van der Waals surface area (Å²) in [4.78, 5) is 11.1. The molecule has 0 atom stereocenters. The van der Waals surface area contributed by atoms with Crippen LogP contribution in [0.4, 0.5) is 5.69 Å². The molecule has 0 spiro atoms. The summed E-state index contributed by atoms with van der Waals surface area (Å²) in [5.41, 5.74) is 9.82. The van der Waals surface area contributed by atoms with Crippen LogP contribution < -0.4 is 5.43 Å². The van der Waals surface area contributed by atoms with Crippen molar-refractivity contribution in [2.75, 3.05) is 5.43 Å². The van der Waals surface area contributed by atoms with Crippen LogP contribution in [0, 0.1) is 0 Å². The highest BCUT2D eigenvalue weighted by Crippen LogP contribution is 2.36. The number of benzene rings is 3. The van der Waals surface area contributed by atoms with Crippen LogP contribution in [0.3, 0.4) is 0 Å². The SMILES string of the molecule is O=Cc1ccccc1NN=C1c2ccccc2-c2ccccc21. The molecule has 3 heteroatoms. The average Bonchev–Trinajstić information content (AvgIpc) is 2.94. The molecule has 0 bridgehead atoms. The molecule has 0 saturated heterocycles. The molecule has 3 aromatic carbocycles. The highest BCUT2D eigenvalue weighted by molar-refractivity contribution is 6.24. The van der Waals surface area contributed by atoms with Crippen molar-refractivity contribution in [3.63, 3.8) is 0 Å². The summed E-state index contributed by atoms with van der Waals surface area (Å²) in [6, 6.07) is 23.8. The van der Waals surface area contributed by atoms with Crippen molar-refractivity contribution < 1.29 is 4.79 Å². The van der Waals surface area contributed by atoms with Gasteiger partial charge in [0.25, 0.3) is 0 Å². The Balaban J connectivity index is 1.81. The topological polar surface area (TPSA) is 41.5 Å². The molecule has 0 radical (unpaired) electrons. The molecule has 0 heterocycles. The third-order valence-electron chi connectivity index (χ3n) is 4.03. The van der Waals surface area contributed by atoms with Crippen LogP contribution in [0.2, 0.25) is 0 Å². The number of hydrogen-bond donors (Lipinski definition) is 1. The third-order valence-corrected chi connectivity index (χ3v) is 4.03. The predicted octanol–water partition coefficient (Wildman–Crippen LogP) is 4.34. The van der Waals surface area contributed by atoms with Gasteiger partial charge in [-0.3, -0.25) is 10.2 Å². The summed E-state index contributed by atoms with van der Waals surface area (Å²) in [6.07, 6.45) is 0.832. The number of rotatable bonds is 3. The maximum Gasteiger partial charge on any atom is 0.152 e. The molecule has 1 aliphatic rings. The lowest BCUT2D eigenvalue weighted by molar-refractivity contribution is 0.112. The highest BCUT2D eigenvalue weighted by Gasteiger charge is 2.23. The van der Waals surface area contributed by atoms with Gasteiger partial charge < -0.3 is 0 Å². The number of hydrazone groups is 1. The third kappa shape index (κ3) is 2.23. The Morgan fingerprint density at radius 3 is 1.83 bits per heavy atom. The zero-order chi connectivity index (χ0) is 15.6. The monoisotopic (exact) mass is 298 g/mol. The summed E-state index contributed by atoms with van der Waals surface area (Å²) >= 11 is 0. The van der Waals surface area contributed by atoms with Crippen LogP contribution >= 0.6 is 0 Å². The summed E-state index contributed by atoms with van der Waals surface area (Å²) < 4.78 is 0. The number of aldehydes is 1. The van der Waals surface area contributed by atoms with Crippen molar-refractivity contribution in [1.29, 1.82) is 0 Å². The number of nitrogens with zero attached hydrogens (tertiary/aromatic N) is 1. The summed E-state index contributed by atoms with van der Waals surface area (Å²) in [5.74, 6) is 0. The van der Waals surface area contributed by atoms with Crippen LogP contribution in [0.25, 0.3) is 11.1 Å². The number of anilines is 1. The van der Waals surface area contributed by atoms with E-state index in [0.29, 0.717) is 11.3 Å². The van der Waals surface area contributed by atoms with Crippen molar-refractivity contribution in [3.05, 3.63) is 89.5 Å². The fourth-order valence-corrected chi connectivity index (χ4v) is 2.93. The molecular weight excluding hydrogens is 284 g/mol. The van der Waals surface area contributed by atoms with Crippen molar-refractivity contribution in [2.24, 2.45) is 5.10 Å². The maximum absolute atomic E-state index is 11.1. The van der Waals surface area contributed by atoms with E-state index < -0.39 is 0 Å².